The second-order valence-corrected chi connectivity index (χ2v) is 5.53. The van der Waals surface area contributed by atoms with E-state index in [1.165, 1.54) is 11.3 Å². The quantitative estimate of drug-likeness (QED) is 0.797. The molecule has 2 nitrogen and oxygen atoms in total. The summed E-state index contributed by atoms with van der Waals surface area (Å²) in [6.45, 7) is 0. The maximum Gasteiger partial charge on any atom is 0.183 e. The van der Waals surface area contributed by atoms with Crippen LogP contribution < -0.4 is 0 Å². The Morgan fingerprint density at radius 1 is 1.42 bits per heavy atom. The maximum absolute atomic E-state index is 5.92. The van der Waals surface area contributed by atoms with Crippen LogP contribution in [0.3, 0.4) is 0 Å². The monoisotopic (exact) mass is 280 g/mol. The van der Waals surface area contributed by atoms with E-state index in [0.29, 0.717) is 0 Å². The van der Waals surface area contributed by atoms with Gasteiger partial charge in [0, 0.05) is 0 Å². The minimum Gasteiger partial charge on any atom is -0.140 e. The smallest absolute Gasteiger partial charge is 0.140 e. The molecule has 0 aliphatic carbocycles. The van der Waals surface area contributed by atoms with Gasteiger partial charge >= 0.3 is 0 Å². The molecule has 0 saturated carbocycles. The van der Waals surface area contributed by atoms with Gasteiger partial charge < -0.3 is 0 Å². The van der Waals surface area contributed by atoms with Crippen molar-refractivity contribution in [1.82, 2.24) is 10.2 Å². The van der Waals surface area contributed by atoms with Crippen LogP contribution >= 0.6 is 50.2 Å². The Hall–Kier alpha value is 0.0300. The Morgan fingerprint density at radius 2 is 2.25 bits per heavy atom. The number of halogens is 2. The average Bonchev–Trinajstić information content (AvgIpc) is 2.58. The molecule has 0 spiro atoms. The van der Waals surface area contributed by atoms with Crippen LogP contribution in [-0.2, 0) is 0 Å². The van der Waals surface area contributed by atoms with Crippen molar-refractivity contribution in [2.75, 3.05) is 0 Å². The van der Waals surface area contributed by atoms with Crippen molar-refractivity contribution < 1.29 is 0 Å². The molecule has 62 valence electrons. The molecule has 0 fully saturated rings. The Morgan fingerprint density at radius 3 is 2.75 bits per heavy atom. The first-order valence-electron chi connectivity index (χ1n) is 3.00. The molecule has 2 aromatic heterocycles. The number of hydrogen-bond acceptors (Lipinski definition) is 4. The van der Waals surface area contributed by atoms with Gasteiger partial charge in [0.25, 0.3) is 0 Å². The first-order chi connectivity index (χ1) is 5.77. The minimum atomic E-state index is 0.739. The third kappa shape index (κ3) is 1.54. The van der Waals surface area contributed by atoms with E-state index in [4.69, 9.17) is 11.6 Å². The van der Waals surface area contributed by atoms with E-state index < -0.39 is 0 Å². The fraction of sp³-hybridized carbons (Fsp3) is 0. The van der Waals surface area contributed by atoms with Gasteiger partial charge in [0.05, 0.1) is 9.90 Å². The summed E-state index contributed by atoms with van der Waals surface area (Å²) in [7, 11) is 0. The van der Waals surface area contributed by atoms with Crippen molar-refractivity contribution in [3.05, 3.63) is 20.4 Å². The molecule has 0 atom stereocenters. The molecule has 2 rings (SSSR count). The molecule has 0 radical (unpaired) electrons. The lowest BCUT2D eigenvalue weighted by atomic mass is 10.5. The molecule has 2 aromatic rings. The predicted molar refractivity (Wildman–Crippen MR) is 55.9 cm³/mol. The zero-order chi connectivity index (χ0) is 8.55. The number of aromatic nitrogens is 2. The first kappa shape index (κ1) is 8.62. The zero-order valence-electron chi connectivity index (χ0n) is 5.62. The Kier molecular flexibility index (Phi) is 2.45. The molecule has 0 aromatic carbocycles. The molecular weight excluding hydrogens is 280 g/mol. The van der Waals surface area contributed by atoms with Gasteiger partial charge in [-0.1, -0.05) is 22.9 Å². The molecule has 12 heavy (non-hydrogen) atoms. The van der Waals surface area contributed by atoms with E-state index in [2.05, 4.69) is 26.1 Å². The topological polar surface area (TPSA) is 25.8 Å². The lowest BCUT2D eigenvalue weighted by Crippen LogP contribution is -1.70. The van der Waals surface area contributed by atoms with E-state index in [0.717, 1.165) is 18.8 Å². The second kappa shape index (κ2) is 3.41. The van der Waals surface area contributed by atoms with Gasteiger partial charge in [-0.15, -0.1) is 21.5 Å². The molecule has 6 heteroatoms. The van der Waals surface area contributed by atoms with E-state index in [9.17, 15) is 0 Å². The molecule has 2 heterocycles. The molecule has 0 N–H and O–H groups in total. The van der Waals surface area contributed by atoms with Gasteiger partial charge in [0.2, 0.25) is 0 Å². The van der Waals surface area contributed by atoms with Gasteiger partial charge in [-0.25, -0.2) is 0 Å². The highest BCUT2D eigenvalue weighted by Gasteiger charge is 2.09. The number of nitrogens with zero attached hydrogens (tertiary/aromatic N) is 2. The van der Waals surface area contributed by atoms with E-state index in [1.54, 1.807) is 11.3 Å². The van der Waals surface area contributed by atoms with Crippen LogP contribution in [0.4, 0.5) is 0 Å². The average molecular weight is 282 g/mol. The summed E-state index contributed by atoms with van der Waals surface area (Å²) in [4.78, 5) is 0.986. The Bertz CT molecular complexity index is 398. The Balaban J connectivity index is 2.50. The highest BCUT2D eigenvalue weighted by atomic mass is 79.9. The van der Waals surface area contributed by atoms with Crippen LogP contribution in [0.2, 0.25) is 5.02 Å². The summed E-state index contributed by atoms with van der Waals surface area (Å²) < 4.78 is 0.780. The summed E-state index contributed by atoms with van der Waals surface area (Å²) in [5.74, 6) is 0. The van der Waals surface area contributed by atoms with Crippen LogP contribution in [-0.4, -0.2) is 10.2 Å². The second-order valence-electron chi connectivity index (χ2n) is 1.96. The molecule has 0 unspecified atom stereocenters. The third-order valence-corrected chi connectivity index (χ3v) is 4.06. The lowest BCUT2D eigenvalue weighted by Gasteiger charge is -1.86. The Labute approximate surface area is 90.3 Å². The minimum absolute atomic E-state index is 0.739. The number of hydrogen-bond donors (Lipinski definition) is 0. The normalized spacial score (nSPS) is 10.5. The molecule has 0 amide bonds. The van der Waals surface area contributed by atoms with Crippen molar-refractivity contribution in [2.45, 2.75) is 0 Å². The largest absolute Gasteiger partial charge is 0.183 e. The van der Waals surface area contributed by atoms with Crippen LogP contribution in [0.25, 0.3) is 9.88 Å². The van der Waals surface area contributed by atoms with Gasteiger partial charge in [-0.2, -0.15) is 0 Å². The van der Waals surface area contributed by atoms with Gasteiger partial charge in [-0.05, 0) is 27.4 Å². The summed E-state index contributed by atoms with van der Waals surface area (Å²) in [6, 6.07) is 1.86. The fourth-order valence-electron chi connectivity index (χ4n) is 0.743. The van der Waals surface area contributed by atoms with Crippen molar-refractivity contribution in [2.24, 2.45) is 0 Å². The molecule has 0 aliphatic rings. The van der Waals surface area contributed by atoms with Crippen LogP contribution in [0.1, 0.15) is 0 Å². The van der Waals surface area contributed by atoms with Gasteiger partial charge in [0.1, 0.15) is 0 Å². The first-order valence-corrected chi connectivity index (χ1v) is 5.86. The van der Waals surface area contributed by atoms with E-state index >= 15 is 0 Å². The van der Waals surface area contributed by atoms with Crippen molar-refractivity contribution in [3.8, 4) is 9.88 Å². The lowest BCUT2D eigenvalue weighted by molar-refractivity contribution is 1.08. The summed E-state index contributed by atoms with van der Waals surface area (Å²) in [5.41, 5.74) is 0. The molecule has 0 aliphatic heterocycles. The summed E-state index contributed by atoms with van der Waals surface area (Å²) >= 11 is 12.2. The van der Waals surface area contributed by atoms with E-state index in [1.807, 2.05) is 11.4 Å². The van der Waals surface area contributed by atoms with Crippen LogP contribution in [0.15, 0.2) is 15.4 Å². The van der Waals surface area contributed by atoms with E-state index in [-0.39, 0.29) is 0 Å². The van der Waals surface area contributed by atoms with Crippen molar-refractivity contribution >= 4 is 50.2 Å². The van der Waals surface area contributed by atoms with Crippen molar-refractivity contribution in [3.63, 3.8) is 0 Å². The zero-order valence-corrected chi connectivity index (χ0v) is 9.60. The van der Waals surface area contributed by atoms with Gasteiger partial charge in [-0.3, -0.25) is 0 Å². The summed E-state index contributed by atoms with van der Waals surface area (Å²) in [5, 5.41) is 11.4. The SMILES string of the molecule is Clc1ccsc1-c1nnc(Br)s1. The number of thiophene rings is 1. The third-order valence-electron chi connectivity index (χ3n) is 1.21. The fourth-order valence-corrected chi connectivity index (χ4v) is 3.16. The van der Waals surface area contributed by atoms with Crippen molar-refractivity contribution in [1.29, 1.82) is 0 Å². The molecular formula is C6H2BrClN2S2. The standard InChI is InChI=1S/C6H2BrClN2S2/c7-6-10-9-5(12-6)4-3(8)1-2-11-4/h1-2H. The number of rotatable bonds is 1. The van der Waals surface area contributed by atoms with Crippen LogP contribution in [0, 0.1) is 0 Å². The highest BCUT2D eigenvalue weighted by molar-refractivity contribution is 9.11. The molecule has 0 bridgehead atoms. The predicted octanol–water partition coefficient (Wildman–Crippen LogP) is 3.68. The maximum atomic E-state index is 5.92. The molecule has 0 saturated heterocycles. The van der Waals surface area contributed by atoms with Crippen LogP contribution in [0.5, 0.6) is 0 Å². The van der Waals surface area contributed by atoms with Gasteiger partial charge in [0.15, 0.2) is 8.92 Å². The highest BCUT2D eigenvalue weighted by Crippen LogP contribution is 2.35. The summed E-state index contributed by atoms with van der Waals surface area (Å²) in [6.07, 6.45) is 0.